The predicted molar refractivity (Wildman–Crippen MR) is 127 cm³/mol. The number of benzene rings is 2. The smallest absolute Gasteiger partial charge is 0.255 e. The Morgan fingerprint density at radius 3 is 2.29 bits per heavy atom. The first-order valence-corrected chi connectivity index (χ1v) is 13.6. The third kappa shape index (κ3) is 5.90. The van der Waals surface area contributed by atoms with Crippen molar-refractivity contribution in [1.82, 2.24) is 9.62 Å². The minimum Gasteiger partial charge on any atom is -0.339 e. The van der Waals surface area contributed by atoms with Crippen molar-refractivity contribution in [3.8, 4) is 0 Å². The number of thioether (sulfide) groups is 1. The van der Waals surface area contributed by atoms with Crippen LogP contribution in [-0.2, 0) is 16.4 Å². The van der Waals surface area contributed by atoms with Crippen molar-refractivity contribution in [2.75, 3.05) is 19.3 Å². The highest BCUT2D eigenvalue weighted by Gasteiger charge is 2.24. The normalized spacial score (nSPS) is 16.0. The fourth-order valence-electron chi connectivity index (χ4n) is 3.88. The van der Waals surface area contributed by atoms with Gasteiger partial charge in [0.2, 0.25) is 10.0 Å². The molecule has 2 aromatic rings. The highest BCUT2D eigenvalue weighted by molar-refractivity contribution is 7.98. The van der Waals surface area contributed by atoms with Crippen molar-refractivity contribution in [2.24, 2.45) is 0 Å². The van der Waals surface area contributed by atoms with Crippen molar-refractivity contribution in [2.45, 2.75) is 61.8 Å². The number of hydrogen-bond donors (Lipinski definition) is 1. The molecule has 3 rings (SSSR count). The van der Waals surface area contributed by atoms with E-state index in [1.807, 2.05) is 42.3 Å². The van der Waals surface area contributed by atoms with Crippen LogP contribution in [0, 0.1) is 0 Å². The lowest BCUT2D eigenvalue weighted by Gasteiger charge is -2.22. The average molecular weight is 461 g/mol. The summed E-state index contributed by atoms with van der Waals surface area (Å²) in [4.78, 5) is 16.0. The summed E-state index contributed by atoms with van der Waals surface area (Å²) in [6.07, 6.45) is 7.10. The number of nitrogens with zero attached hydrogens (tertiary/aromatic N) is 1. The first-order valence-electron chi connectivity index (χ1n) is 10.9. The first kappa shape index (κ1) is 23.8. The Labute approximate surface area is 190 Å². The van der Waals surface area contributed by atoms with E-state index in [9.17, 15) is 13.2 Å². The second kappa shape index (κ2) is 10.7. The van der Waals surface area contributed by atoms with E-state index in [4.69, 9.17) is 0 Å². The summed E-state index contributed by atoms with van der Waals surface area (Å²) in [5.74, 6) is -0.0773. The molecule has 7 heteroatoms. The van der Waals surface area contributed by atoms with Crippen LogP contribution in [0.15, 0.2) is 52.3 Å². The topological polar surface area (TPSA) is 66.5 Å². The van der Waals surface area contributed by atoms with Gasteiger partial charge in [-0.25, -0.2) is 13.1 Å². The van der Waals surface area contributed by atoms with E-state index in [0.29, 0.717) is 5.56 Å². The van der Waals surface area contributed by atoms with Crippen LogP contribution < -0.4 is 4.72 Å². The van der Waals surface area contributed by atoms with Gasteiger partial charge in [-0.15, -0.1) is 11.8 Å². The van der Waals surface area contributed by atoms with Gasteiger partial charge in [-0.1, -0.05) is 44.0 Å². The Bertz CT molecular complexity index is 996. The van der Waals surface area contributed by atoms with Crippen molar-refractivity contribution < 1.29 is 13.2 Å². The zero-order chi connectivity index (χ0) is 22.4. The number of rotatable bonds is 7. The molecule has 1 heterocycles. The number of hydrogen-bond acceptors (Lipinski definition) is 4. The van der Waals surface area contributed by atoms with Gasteiger partial charge in [0, 0.05) is 24.0 Å². The van der Waals surface area contributed by atoms with E-state index in [1.54, 1.807) is 12.1 Å². The fraction of sp³-hybridized carbons (Fsp3) is 0.458. The Morgan fingerprint density at radius 2 is 1.71 bits per heavy atom. The summed E-state index contributed by atoms with van der Waals surface area (Å²) in [5, 5.41) is 0. The molecule has 1 N–H and O–H groups in total. The maximum atomic E-state index is 13.2. The van der Waals surface area contributed by atoms with Crippen LogP contribution in [0.2, 0.25) is 0 Å². The summed E-state index contributed by atoms with van der Waals surface area (Å²) in [6.45, 7) is 5.38. The quantitative estimate of drug-likeness (QED) is 0.589. The van der Waals surface area contributed by atoms with Crippen LogP contribution >= 0.6 is 11.8 Å². The minimum atomic E-state index is -3.77. The fourth-order valence-corrected chi connectivity index (χ4v) is 5.70. The second-order valence-electron chi connectivity index (χ2n) is 8.01. The van der Waals surface area contributed by atoms with Crippen LogP contribution in [0.5, 0.6) is 0 Å². The van der Waals surface area contributed by atoms with Crippen LogP contribution in [-0.4, -0.2) is 38.6 Å². The largest absolute Gasteiger partial charge is 0.339 e. The van der Waals surface area contributed by atoms with E-state index < -0.39 is 10.0 Å². The number of nitrogens with one attached hydrogen (secondary N) is 1. The van der Waals surface area contributed by atoms with Gasteiger partial charge >= 0.3 is 0 Å². The Balaban J connectivity index is 1.85. The van der Waals surface area contributed by atoms with E-state index in [1.165, 1.54) is 23.4 Å². The number of sulfonamides is 1. The highest BCUT2D eigenvalue weighted by atomic mass is 32.2. The zero-order valence-corrected chi connectivity index (χ0v) is 20.2. The Kier molecular flexibility index (Phi) is 8.19. The molecule has 0 spiro atoms. The van der Waals surface area contributed by atoms with Gasteiger partial charge in [0.05, 0.1) is 10.5 Å². The summed E-state index contributed by atoms with van der Waals surface area (Å²) >= 11 is 1.46. The molecule has 0 bridgehead atoms. The average Bonchev–Trinajstić information content (AvgIpc) is 3.07. The molecule has 1 amide bonds. The van der Waals surface area contributed by atoms with E-state index in [0.717, 1.165) is 55.7 Å². The molecule has 0 unspecified atom stereocenters. The van der Waals surface area contributed by atoms with Crippen LogP contribution in [0.3, 0.4) is 0 Å². The molecular formula is C24H32N2O3S2. The van der Waals surface area contributed by atoms with Gasteiger partial charge < -0.3 is 4.90 Å². The number of amides is 1. The van der Waals surface area contributed by atoms with Gasteiger partial charge in [0.1, 0.15) is 0 Å². The molecule has 1 aliphatic rings. The molecule has 1 aliphatic heterocycles. The molecule has 1 atom stereocenters. The summed E-state index contributed by atoms with van der Waals surface area (Å²) in [6, 6.07) is 12.4. The van der Waals surface area contributed by atoms with Gasteiger partial charge in [0.25, 0.3) is 5.91 Å². The van der Waals surface area contributed by atoms with Crippen LogP contribution in [0.4, 0.5) is 0 Å². The van der Waals surface area contributed by atoms with Crippen molar-refractivity contribution >= 4 is 27.7 Å². The summed E-state index contributed by atoms with van der Waals surface area (Å²) in [7, 11) is -3.77. The third-order valence-corrected chi connectivity index (χ3v) is 8.16. The number of carbonyl (C=O) groups is 1. The molecule has 0 aliphatic carbocycles. The molecule has 0 radical (unpaired) electrons. The molecule has 168 valence electrons. The summed E-state index contributed by atoms with van der Waals surface area (Å²) in [5.41, 5.74) is 2.59. The summed E-state index contributed by atoms with van der Waals surface area (Å²) < 4.78 is 29.0. The minimum absolute atomic E-state index is 0.0773. The van der Waals surface area contributed by atoms with Crippen LogP contribution in [0.1, 0.15) is 67.1 Å². The molecule has 0 aromatic heterocycles. The lowest BCUT2D eigenvalue weighted by molar-refractivity contribution is 0.0758. The second-order valence-corrected chi connectivity index (χ2v) is 10.6. The van der Waals surface area contributed by atoms with E-state index >= 15 is 0 Å². The molecule has 2 aromatic carbocycles. The number of carbonyl (C=O) groups excluding carboxylic acids is 1. The lowest BCUT2D eigenvalue weighted by atomic mass is 10.1. The van der Waals surface area contributed by atoms with Gasteiger partial charge in [-0.2, -0.15) is 0 Å². The van der Waals surface area contributed by atoms with Gasteiger partial charge in [-0.3, -0.25) is 4.79 Å². The molecule has 0 saturated carbocycles. The highest BCUT2D eigenvalue weighted by Crippen LogP contribution is 2.27. The van der Waals surface area contributed by atoms with E-state index in [-0.39, 0.29) is 16.8 Å². The Morgan fingerprint density at radius 1 is 1.06 bits per heavy atom. The first-order chi connectivity index (χ1) is 14.9. The molecule has 1 fully saturated rings. The zero-order valence-electron chi connectivity index (χ0n) is 18.6. The Hall–Kier alpha value is -1.83. The monoisotopic (exact) mass is 460 g/mol. The molecule has 31 heavy (non-hydrogen) atoms. The number of likely N-dealkylation sites (tertiary alicyclic amines) is 1. The lowest BCUT2D eigenvalue weighted by Crippen LogP contribution is -2.32. The van der Waals surface area contributed by atoms with Crippen molar-refractivity contribution in [1.29, 1.82) is 0 Å². The molecular weight excluding hydrogens is 428 g/mol. The van der Waals surface area contributed by atoms with Gasteiger partial charge in [-0.05, 0) is 61.8 Å². The standard InChI is InChI=1S/C24H32N2O3S2/c1-4-19-9-11-20(12-10-19)18(2)25-31(28,29)21-13-14-23(30-3)22(17-21)24(27)26-15-7-5-6-8-16-26/h9-14,17-18,25H,4-8,15-16H2,1-3H3/t18-/m1/s1. The van der Waals surface area contributed by atoms with Crippen LogP contribution in [0.25, 0.3) is 0 Å². The molecule has 5 nitrogen and oxygen atoms in total. The molecule has 1 saturated heterocycles. The maximum absolute atomic E-state index is 13.2. The van der Waals surface area contributed by atoms with Gasteiger partial charge in [0.15, 0.2) is 0 Å². The SMILES string of the molecule is CCc1ccc([C@@H](C)NS(=O)(=O)c2ccc(SC)c(C(=O)N3CCCCCC3)c2)cc1. The third-order valence-electron chi connectivity index (χ3n) is 5.82. The van der Waals surface area contributed by atoms with Crippen molar-refractivity contribution in [3.05, 3.63) is 59.2 Å². The maximum Gasteiger partial charge on any atom is 0.255 e. The number of aryl methyl sites for hydroxylation is 1. The predicted octanol–water partition coefficient (Wildman–Crippen LogP) is 5.03. The van der Waals surface area contributed by atoms with E-state index in [2.05, 4.69) is 11.6 Å². The van der Waals surface area contributed by atoms with Crippen molar-refractivity contribution in [3.63, 3.8) is 0 Å².